The Morgan fingerprint density at radius 2 is 1.75 bits per heavy atom. The number of carbonyl (C=O) groups excluding carboxylic acids is 1. The van der Waals surface area contributed by atoms with Crippen molar-refractivity contribution in [1.82, 2.24) is 5.32 Å². The summed E-state index contributed by atoms with van der Waals surface area (Å²) in [6.45, 7) is 9.64. The van der Waals surface area contributed by atoms with E-state index < -0.39 is 6.04 Å². The molecule has 0 radical (unpaired) electrons. The largest absolute Gasteiger partial charge is 0.383 e. The minimum atomic E-state index is -0.565. The summed E-state index contributed by atoms with van der Waals surface area (Å²) in [4.78, 5) is 11.6. The quantitative estimate of drug-likeness (QED) is 0.686. The van der Waals surface area contributed by atoms with E-state index in [2.05, 4.69) is 33.0 Å². The van der Waals surface area contributed by atoms with Crippen LogP contribution in [0.5, 0.6) is 0 Å². The van der Waals surface area contributed by atoms with Crippen LogP contribution in [0, 0.1) is 17.8 Å². The second kappa shape index (κ2) is 7.63. The van der Waals surface area contributed by atoms with Gasteiger partial charge in [-0.1, -0.05) is 27.7 Å². The van der Waals surface area contributed by atoms with Gasteiger partial charge in [0.15, 0.2) is 0 Å². The van der Waals surface area contributed by atoms with Crippen LogP contribution in [0.2, 0.25) is 0 Å². The van der Waals surface area contributed by atoms with Gasteiger partial charge in [0, 0.05) is 13.7 Å². The normalized spacial score (nSPS) is 13.6. The second-order valence-electron chi connectivity index (χ2n) is 4.96. The average molecular weight is 230 g/mol. The molecule has 3 N–H and O–H groups in total. The topological polar surface area (TPSA) is 64.3 Å². The Bertz CT molecular complexity index is 197. The van der Waals surface area contributed by atoms with Gasteiger partial charge in [0.25, 0.3) is 0 Å². The summed E-state index contributed by atoms with van der Waals surface area (Å²) < 4.78 is 4.84. The molecule has 0 aromatic carbocycles. The fourth-order valence-corrected chi connectivity index (χ4v) is 1.85. The molecule has 0 aromatic heterocycles. The zero-order valence-electron chi connectivity index (χ0n) is 11.1. The molecule has 16 heavy (non-hydrogen) atoms. The van der Waals surface area contributed by atoms with Crippen LogP contribution in [-0.4, -0.2) is 32.2 Å². The molecule has 0 aliphatic rings. The fraction of sp³-hybridized carbons (Fsp3) is 0.917. The molecule has 0 bridgehead atoms. The highest BCUT2D eigenvalue weighted by molar-refractivity contribution is 5.81. The monoisotopic (exact) mass is 230 g/mol. The highest BCUT2D eigenvalue weighted by atomic mass is 16.5. The maximum absolute atomic E-state index is 11.6. The first-order valence-corrected chi connectivity index (χ1v) is 5.92. The van der Waals surface area contributed by atoms with Crippen molar-refractivity contribution in [1.29, 1.82) is 0 Å². The molecule has 4 nitrogen and oxygen atoms in total. The van der Waals surface area contributed by atoms with Gasteiger partial charge in [-0.25, -0.2) is 0 Å². The van der Waals surface area contributed by atoms with Gasteiger partial charge < -0.3 is 15.8 Å². The number of carbonyl (C=O) groups is 1. The van der Waals surface area contributed by atoms with Crippen LogP contribution in [0.4, 0.5) is 0 Å². The summed E-state index contributed by atoms with van der Waals surface area (Å²) in [7, 11) is 1.54. The van der Waals surface area contributed by atoms with Crippen molar-refractivity contribution in [3.05, 3.63) is 0 Å². The van der Waals surface area contributed by atoms with Crippen LogP contribution in [0.3, 0.4) is 0 Å². The third-order valence-corrected chi connectivity index (χ3v) is 2.91. The van der Waals surface area contributed by atoms with Gasteiger partial charge in [-0.15, -0.1) is 0 Å². The van der Waals surface area contributed by atoms with E-state index in [1.807, 2.05) is 0 Å². The Labute approximate surface area is 98.9 Å². The molecule has 0 saturated heterocycles. The molecule has 0 aliphatic carbocycles. The summed E-state index contributed by atoms with van der Waals surface area (Å²) >= 11 is 0. The van der Waals surface area contributed by atoms with Crippen molar-refractivity contribution in [3.8, 4) is 0 Å². The van der Waals surface area contributed by atoms with E-state index in [1.165, 1.54) is 7.11 Å². The molecular weight excluding hydrogens is 204 g/mol. The Kier molecular flexibility index (Phi) is 7.34. The first-order chi connectivity index (χ1) is 7.40. The number of rotatable bonds is 7. The van der Waals surface area contributed by atoms with Crippen molar-refractivity contribution in [2.75, 3.05) is 20.3 Å². The van der Waals surface area contributed by atoms with Gasteiger partial charge in [0.2, 0.25) is 5.91 Å². The van der Waals surface area contributed by atoms with Crippen molar-refractivity contribution < 1.29 is 9.53 Å². The summed E-state index contributed by atoms with van der Waals surface area (Å²) in [5, 5.41) is 2.89. The lowest BCUT2D eigenvalue weighted by Gasteiger charge is -2.25. The summed E-state index contributed by atoms with van der Waals surface area (Å²) in [6, 6.07) is -0.565. The van der Waals surface area contributed by atoms with Crippen molar-refractivity contribution in [2.45, 2.75) is 33.7 Å². The molecule has 0 saturated carbocycles. The van der Waals surface area contributed by atoms with E-state index in [9.17, 15) is 4.79 Å². The molecular formula is C12H26N2O2. The van der Waals surface area contributed by atoms with E-state index in [0.29, 0.717) is 24.3 Å². The lowest BCUT2D eigenvalue weighted by molar-refractivity contribution is -0.123. The third kappa shape index (κ3) is 5.47. The highest BCUT2D eigenvalue weighted by Gasteiger charge is 2.20. The lowest BCUT2D eigenvalue weighted by Crippen LogP contribution is -2.45. The van der Waals surface area contributed by atoms with Gasteiger partial charge in [-0.3, -0.25) is 4.79 Å². The van der Waals surface area contributed by atoms with Gasteiger partial charge >= 0.3 is 0 Å². The molecule has 0 spiro atoms. The number of nitrogens with two attached hydrogens (primary N) is 1. The minimum absolute atomic E-state index is 0.131. The molecule has 0 rings (SSSR count). The molecule has 0 aliphatic heterocycles. The molecule has 1 atom stereocenters. The standard InChI is InChI=1S/C12H26N2O2/c1-8(2)10(9(3)4)6-14-12(15)11(13)7-16-5/h8-11H,6-7,13H2,1-5H3,(H,14,15). The van der Waals surface area contributed by atoms with Crippen LogP contribution in [0.15, 0.2) is 0 Å². The van der Waals surface area contributed by atoms with Crippen molar-refractivity contribution in [3.63, 3.8) is 0 Å². The Morgan fingerprint density at radius 1 is 1.25 bits per heavy atom. The van der Waals surface area contributed by atoms with Crippen LogP contribution in [-0.2, 0) is 9.53 Å². The summed E-state index contributed by atoms with van der Waals surface area (Å²) in [5.74, 6) is 1.46. The van der Waals surface area contributed by atoms with Gasteiger partial charge in [-0.2, -0.15) is 0 Å². The molecule has 4 heteroatoms. The molecule has 0 aromatic rings. The van der Waals surface area contributed by atoms with E-state index in [0.717, 1.165) is 0 Å². The van der Waals surface area contributed by atoms with E-state index in [4.69, 9.17) is 10.5 Å². The Hall–Kier alpha value is -0.610. The second-order valence-corrected chi connectivity index (χ2v) is 4.96. The zero-order valence-corrected chi connectivity index (χ0v) is 11.1. The zero-order chi connectivity index (χ0) is 12.7. The Balaban J connectivity index is 4.06. The average Bonchev–Trinajstić information content (AvgIpc) is 2.16. The fourth-order valence-electron chi connectivity index (χ4n) is 1.85. The lowest BCUT2D eigenvalue weighted by atomic mass is 9.85. The number of amides is 1. The highest BCUT2D eigenvalue weighted by Crippen LogP contribution is 2.19. The van der Waals surface area contributed by atoms with Gasteiger partial charge in [0.1, 0.15) is 6.04 Å². The maximum atomic E-state index is 11.6. The number of nitrogens with one attached hydrogen (secondary N) is 1. The van der Waals surface area contributed by atoms with Crippen LogP contribution in [0.1, 0.15) is 27.7 Å². The Morgan fingerprint density at radius 3 is 2.12 bits per heavy atom. The SMILES string of the molecule is COCC(N)C(=O)NCC(C(C)C)C(C)C. The number of methoxy groups -OCH3 is 1. The minimum Gasteiger partial charge on any atom is -0.383 e. The van der Waals surface area contributed by atoms with Gasteiger partial charge in [-0.05, 0) is 17.8 Å². The number of hydrogen-bond donors (Lipinski definition) is 2. The van der Waals surface area contributed by atoms with Gasteiger partial charge in [0.05, 0.1) is 6.61 Å². The van der Waals surface area contributed by atoms with E-state index >= 15 is 0 Å². The predicted molar refractivity (Wildman–Crippen MR) is 66.0 cm³/mol. The van der Waals surface area contributed by atoms with Crippen LogP contribution < -0.4 is 11.1 Å². The molecule has 1 unspecified atom stereocenters. The van der Waals surface area contributed by atoms with Crippen LogP contribution >= 0.6 is 0 Å². The maximum Gasteiger partial charge on any atom is 0.239 e. The van der Waals surface area contributed by atoms with Crippen LogP contribution in [0.25, 0.3) is 0 Å². The van der Waals surface area contributed by atoms with Crippen molar-refractivity contribution >= 4 is 5.91 Å². The number of ether oxygens (including phenoxy) is 1. The molecule has 0 heterocycles. The first-order valence-electron chi connectivity index (χ1n) is 5.92. The molecule has 1 amide bonds. The van der Waals surface area contributed by atoms with Crippen molar-refractivity contribution in [2.24, 2.45) is 23.5 Å². The smallest absolute Gasteiger partial charge is 0.239 e. The third-order valence-electron chi connectivity index (χ3n) is 2.91. The van der Waals surface area contributed by atoms with E-state index in [1.54, 1.807) is 0 Å². The molecule has 96 valence electrons. The predicted octanol–water partition coefficient (Wildman–Crippen LogP) is 1.00. The summed E-state index contributed by atoms with van der Waals surface area (Å²) in [5.41, 5.74) is 5.63. The number of hydrogen-bond acceptors (Lipinski definition) is 3. The summed E-state index contributed by atoms with van der Waals surface area (Å²) in [6.07, 6.45) is 0. The first kappa shape index (κ1) is 15.4. The molecule has 0 fully saturated rings. The van der Waals surface area contributed by atoms with E-state index in [-0.39, 0.29) is 12.5 Å².